The van der Waals surface area contributed by atoms with Gasteiger partial charge in [-0.15, -0.1) is 0 Å². The summed E-state index contributed by atoms with van der Waals surface area (Å²) in [6, 6.07) is 0. The van der Waals surface area contributed by atoms with Crippen LogP contribution in [-0.4, -0.2) is 0 Å². The third-order valence-corrected chi connectivity index (χ3v) is 6.97. The zero-order valence-electron chi connectivity index (χ0n) is 19.7. The Morgan fingerprint density at radius 3 is 1.16 bits per heavy atom. The molecule has 4 atom stereocenters. The van der Waals surface area contributed by atoms with Gasteiger partial charge in [-0.05, 0) is 78.9 Å². The fourth-order valence-electron chi connectivity index (χ4n) is 4.08. The molecule has 152 valence electrons. The van der Waals surface area contributed by atoms with E-state index in [0.717, 1.165) is 53.3 Å². The molecule has 0 amide bonds. The van der Waals surface area contributed by atoms with E-state index < -0.39 is 0 Å². The molecular formula is C25H52. The van der Waals surface area contributed by atoms with Crippen LogP contribution in [0.5, 0.6) is 0 Å². The fraction of sp³-hybridized carbons (Fsp3) is 1.00. The first-order chi connectivity index (χ1) is 11.5. The van der Waals surface area contributed by atoms with Crippen LogP contribution in [0.3, 0.4) is 0 Å². The highest BCUT2D eigenvalue weighted by molar-refractivity contribution is 4.78. The van der Waals surface area contributed by atoms with Crippen LogP contribution < -0.4 is 0 Å². The lowest BCUT2D eigenvalue weighted by Crippen LogP contribution is -2.25. The van der Waals surface area contributed by atoms with Crippen molar-refractivity contribution >= 4 is 0 Å². The minimum Gasteiger partial charge on any atom is -0.0628 e. The first-order valence-corrected chi connectivity index (χ1v) is 11.5. The Morgan fingerprint density at radius 1 is 0.400 bits per heavy atom. The minimum absolute atomic E-state index is 0.813. The maximum absolute atomic E-state index is 2.47. The summed E-state index contributed by atoms with van der Waals surface area (Å²) in [5.74, 6) is 7.65. The molecule has 0 rings (SSSR count). The van der Waals surface area contributed by atoms with E-state index in [1.165, 1.54) is 32.1 Å². The highest BCUT2D eigenvalue weighted by atomic mass is 14.3. The zero-order valence-corrected chi connectivity index (χ0v) is 19.7. The van der Waals surface area contributed by atoms with Gasteiger partial charge in [-0.1, -0.05) is 82.6 Å². The van der Waals surface area contributed by atoms with E-state index in [1.807, 2.05) is 0 Å². The first-order valence-electron chi connectivity index (χ1n) is 11.5. The van der Waals surface area contributed by atoms with Gasteiger partial charge in [-0.25, -0.2) is 0 Å². The van der Waals surface area contributed by atoms with E-state index >= 15 is 0 Å². The third-order valence-electron chi connectivity index (χ3n) is 6.97. The third kappa shape index (κ3) is 10.7. The second-order valence-corrected chi connectivity index (χ2v) is 10.9. The Morgan fingerprint density at radius 2 is 0.800 bits per heavy atom. The maximum Gasteiger partial charge on any atom is -0.0386 e. The van der Waals surface area contributed by atoms with Gasteiger partial charge in [-0.3, -0.25) is 0 Å². The fourth-order valence-corrected chi connectivity index (χ4v) is 4.08. The summed E-state index contributed by atoms with van der Waals surface area (Å²) in [5.41, 5.74) is 0. The topological polar surface area (TPSA) is 0 Å². The first kappa shape index (κ1) is 25.0. The Balaban J connectivity index is 4.97. The summed E-state index contributed by atoms with van der Waals surface area (Å²) in [4.78, 5) is 0. The van der Waals surface area contributed by atoms with E-state index in [0.29, 0.717) is 0 Å². The smallest absolute Gasteiger partial charge is 0.0386 e. The quantitative estimate of drug-likeness (QED) is 0.311. The zero-order chi connectivity index (χ0) is 19.7. The van der Waals surface area contributed by atoms with Crippen LogP contribution in [0.15, 0.2) is 0 Å². The van der Waals surface area contributed by atoms with Crippen molar-refractivity contribution in [3.8, 4) is 0 Å². The van der Waals surface area contributed by atoms with Gasteiger partial charge in [-0.2, -0.15) is 0 Å². The molecule has 0 saturated carbocycles. The highest BCUT2D eigenvalue weighted by Crippen LogP contribution is 2.37. The molecule has 4 unspecified atom stereocenters. The van der Waals surface area contributed by atoms with Crippen LogP contribution in [-0.2, 0) is 0 Å². The van der Waals surface area contributed by atoms with Crippen molar-refractivity contribution in [2.75, 3.05) is 0 Å². The number of hydrogen-bond acceptors (Lipinski definition) is 0. The van der Waals surface area contributed by atoms with Crippen LogP contribution in [0, 0.1) is 53.3 Å². The Bertz CT molecular complexity index is 310. The van der Waals surface area contributed by atoms with Gasteiger partial charge in [0.05, 0.1) is 0 Å². The molecule has 0 aliphatic rings. The summed E-state index contributed by atoms with van der Waals surface area (Å²) >= 11 is 0. The van der Waals surface area contributed by atoms with Crippen LogP contribution in [0.2, 0.25) is 0 Å². The van der Waals surface area contributed by atoms with E-state index in [1.54, 1.807) is 0 Å². The molecule has 0 radical (unpaired) electrons. The summed E-state index contributed by atoms with van der Waals surface area (Å²) in [6.07, 6.45) is 7.12. The van der Waals surface area contributed by atoms with Gasteiger partial charge < -0.3 is 0 Å². The molecule has 0 saturated heterocycles. The van der Waals surface area contributed by atoms with Gasteiger partial charge in [0.1, 0.15) is 0 Å². The SMILES string of the molecule is CC(C)CCC(CC(CC(CC(C)C(C)C)C(C)C)C(C)C)C(C)C. The van der Waals surface area contributed by atoms with Crippen LogP contribution in [0.25, 0.3) is 0 Å². The summed E-state index contributed by atoms with van der Waals surface area (Å²) in [5, 5.41) is 0. The molecule has 0 N–H and O–H groups in total. The van der Waals surface area contributed by atoms with Gasteiger partial charge in [0.25, 0.3) is 0 Å². The molecule has 0 aromatic rings. The number of rotatable bonds is 13. The molecule has 0 fully saturated rings. The van der Waals surface area contributed by atoms with E-state index in [4.69, 9.17) is 0 Å². The largest absolute Gasteiger partial charge is 0.0628 e. The predicted molar refractivity (Wildman–Crippen MR) is 117 cm³/mol. The maximum atomic E-state index is 2.47. The van der Waals surface area contributed by atoms with Crippen molar-refractivity contribution in [3.05, 3.63) is 0 Å². The van der Waals surface area contributed by atoms with Crippen LogP contribution >= 0.6 is 0 Å². The van der Waals surface area contributed by atoms with E-state index in [9.17, 15) is 0 Å². The summed E-state index contributed by atoms with van der Waals surface area (Å²) < 4.78 is 0. The standard InChI is InChI=1S/C25H52/c1-17(2)12-13-23(19(5)6)15-25(21(9)10)16-24(20(7)8)14-22(11)18(3)4/h17-25H,12-16H2,1-11H3. The molecule has 0 aromatic carbocycles. The highest BCUT2D eigenvalue weighted by Gasteiger charge is 2.27. The second kappa shape index (κ2) is 12.4. The van der Waals surface area contributed by atoms with Gasteiger partial charge in [0.15, 0.2) is 0 Å². The average molecular weight is 353 g/mol. The molecule has 0 heteroatoms. The van der Waals surface area contributed by atoms with Crippen LogP contribution in [0.1, 0.15) is 108 Å². The lowest BCUT2D eigenvalue weighted by molar-refractivity contribution is 0.161. The monoisotopic (exact) mass is 352 g/mol. The molecule has 0 aliphatic heterocycles. The lowest BCUT2D eigenvalue weighted by atomic mass is 9.71. The van der Waals surface area contributed by atoms with E-state index in [-0.39, 0.29) is 0 Å². The van der Waals surface area contributed by atoms with Crippen molar-refractivity contribution in [2.45, 2.75) is 108 Å². The van der Waals surface area contributed by atoms with Gasteiger partial charge >= 0.3 is 0 Å². The minimum atomic E-state index is 0.813. The second-order valence-electron chi connectivity index (χ2n) is 10.9. The van der Waals surface area contributed by atoms with Gasteiger partial charge in [0.2, 0.25) is 0 Å². The molecule has 0 nitrogen and oxygen atoms in total. The summed E-state index contributed by atoms with van der Waals surface area (Å²) in [7, 11) is 0. The van der Waals surface area contributed by atoms with Crippen molar-refractivity contribution in [2.24, 2.45) is 53.3 Å². The van der Waals surface area contributed by atoms with Crippen molar-refractivity contribution < 1.29 is 0 Å². The molecule has 25 heavy (non-hydrogen) atoms. The molecule has 0 heterocycles. The molecule has 0 aliphatic carbocycles. The van der Waals surface area contributed by atoms with Crippen molar-refractivity contribution in [1.82, 2.24) is 0 Å². The average Bonchev–Trinajstić information content (AvgIpc) is 2.47. The molecule has 0 aromatic heterocycles. The number of hydrogen-bond donors (Lipinski definition) is 0. The van der Waals surface area contributed by atoms with Crippen molar-refractivity contribution in [1.29, 1.82) is 0 Å². The Kier molecular flexibility index (Phi) is 12.4. The molecule has 0 spiro atoms. The summed E-state index contributed by atoms with van der Waals surface area (Å²) in [6.45, 7) is 26.7. The van der Waals surface area contributed by atoms with Gasteiger partial charge in [0, 0.05) is 0 Å². The van der Waals surface area contributed by atoms with Crippen LogP contribution in [0.4, 0.5) is 0 Å². The molecular weight excluding hydrogens is 300 g/mol. The molecule has 0 bridgehead atoms. The Hall–Kier alpha value is 0. The lowest BCUT2D eigenvalue weighted by Gasteiger charge is -2.34. The van der Waals surface area contributed by atoms with Crippen molar-refractivity contribution in [3.63, 3.8) is 0 Å². The van der Waals surface area contributed by atoms with E-state index in [2.05, 4.69) is 76.2 Å². The Labute approximate surface area is 161 Å². The predicted octanol–water partition coefficient (Wildman–Crippen LogP) is 8.70. The normalized spacial score (nSPS) is 17.8.